The van der Waals surface area contributed by atoms with E-state index in [0.29, 0.717) is 5.46 Å². The predicted molar refractivity (Wildman–Crippen MR) is 73.5 cm³/mol. The van der Waals surface area contributed by atoms with E-state index in [-0.39, 0.29) is 0 Å². The molecule has 0 aromatic carbocycles. The molecule has 77 valence electrons. The van der Waals surface area contributed by atoms with Crippen molar-refractivity contribution in [1.82, 2.24) is 9.97 Å². The van der Waals surface area contributed by atoms with Gasteiger partial charge in [-0.05, 0) is 43.7 Å². The average molecular weight is 215 g/mol. The molecule has 2 aromatic rings. The number of aromatic nitrogens is 2. The summed E-state index contributed by atoms with van der Waals surface area (Å²) in [6, 6.07) is 7.55. The summed E-state index contributed by atoms with van der Waals surface area (Å²) in [5, 5.41) is 0. The Kier molecular flexibility index (Phi) is 3.37. The Labute approximate surface area is 105 Å². The van der Waals surface area contributed by atoms with Crippen LogP contribution in [-0.2, 0) is 0 Å². The van der Waals surface area contributed by atoms with E-state index in [1.54, 1.807) is 0 Å². The molecule has 0 amide bonds. The molecular weight excluding hydrogens is 205 g/mol. The largest absolute Gasteiger partial charge is 0.270 e. The van der Waals surface area contributed by atoms with Crippen molar-refractivity contribution in [1.29, 1.82) is 0 Å². The van der Waals surface area contributed by atoms with Gasteiger partial charge in [-0.15, -0.1) is 0 Å². The van der Waals surface area contributed by atoms with Crippen LogP contribution in [0.4, 0.5) is 0 Å². The first kappa shape index (κ1) is 12.0. The van der Waals surface area contributed by atoms with Crippen molar-refractivity contribution in [2.45, 2.75) is 13.8 Å². The maximum atomic E-state index is 5.82. The summed E-state index contributed by atoms with van der Waals surface area (Å²) in [5.74, 6) is 0. The minimum Gasteiger partial charge on any atom is -0.270 e. The number of pyridine rings is 2. The molecule has 2 nitrogen and oxygen atoms in total. The Hall–Kier alpha value is -1.51. The molecule has 0 saturated carbocycles. The van der Waals surface area contributed by atoms with Crippen molar-refractivity contribution in [2.24, 2.45) is 0 Å². The van der Waals surface area contributed by atoms with Crippen LogP contribution in [0, 0.1) is 13.8 Å². The van der Waals surface area contributed by atoms with Crippen molar-refractivity contribution in [3.8, 4) is 11.3 Å². The van der Waals surface area contributed by atoms with Crippen LogP contribution >= 0.6 is 0 Å². The Morgan fingerprint density at radius 1 is 1.00 bits per heavy atom. The fourth-order valence-electron chi connectivity index (χ4n) is 1.77. The van der Waals surface area contributed by atoms with E-state index in [1.165, 1.54) is 7.17 Å². The first-order valence-electron chi connectivity index (χ1n) is 5.36. The highest BCUT2D eigenvalue weighted by molar-refractivity contribution is 6.97. The maximum absolute atomic E-state index is 5.82. The van der Waals surface area contributed by atoms with Crippen LogP contribution in [-0.4, -0.2) is 32.7 Å². The molecule has 5 heteroatoms. The van der Waals surface area contributed by atoms with Crippen LogP contribution in [0.1, 0.15) is 11.4 Å². The highest BCUT2D eigenvalue weighted by Crippen LogP contribution is 2.15. The predicted octanol–water partition coefficient (Wildman–Crippen LogP) is -0.0328. The van der Waals surface area contributed by atoms with E-state index >= 15 is 0 Å². The van der Waals surface area contributed by atoms with Crippen LogP contribution in [0.25, 0.3) is 11.3 Å². The maximum Gasteiger partial charge on any atom is 0.121 e. The first-order chi connectivity index (χ1) is 8.08. The fourth-order valence-corrected chi connectivity index (χ4v) is 1.77. The van der Waals surface area contributed by atoms with Gasteiger partial charge in [-0.2, -0.15) is 0 Å². The van der Waals surface area contributed by atoms with Gasteiger partial charge in [0.15, 0.2) is 0 Å². The van der Waals surface area contributed by atoms with E-state index < -0.39 is 0 Å². The summed E-state index contributed by atoms with van der Waals surface area (Å²) in [4.78, 5) is 8.74. The second-order valence-corrected chi connectivity index (χ2v) is 4.02. The van der Waals surface area contributed by atoms with Gasteiger partial charge in [-0.3, -0.25) is 9.97 Å². The van der Waals surface area contributed by atoms with Crippen molar-refractivity contribution < 1.29 is 0 Å². The van der Waals surface area contributed by atoms with Crippen molar-refractivity contribution >= 4 is 33.8 Å². The summed E-state index contributed by atoms with van der Waals surface area (Å²) in [6.45, 7) is 3.85. The molecule has 0 spiro atoms. The molecule has 0 atom stereocenters. The monoisotopic (exact) mass is 215 g/mol. The van der Waals surface area contributed by atoms with E-state index in [2.05, 4.69) is 9.97 Å². The molecule has 17 heavy (non-hydrogen) atoms. The molecule has 0 aliphatic heterocycles. The molecule has 0 fully saturated rings. The zero-order valence-corrected chi connectivity index (χ0v) is 9.94. The molecule has 0 unspecified atom stereocenters. The lowest BCUT2D eigenvalue weighted by atomic mass is 9.53. The second-order valence-electron chi connectivity index (χ2n) is 4.02. The molecule has 2 rings (SSSR count). The smallest absolute Gasteiger partial charge is 0.121 e. The Balaban J connectivity index is 2.55. The summed E-state index contributed by atoms with van der Waals surface area (Å²) < 4.78 is 0. The lowest BCUT2D eigenvalue weighted by Gasteiger charge is -2.07. The third-order valence-electron chi connectivity index (χ3n) is 2.42. The summed E-state index contributed by atoms with van der Waals surface area (Å²) in [5.41, 5.74) is 5.07. The standard InChI is InChI=1S/C12H10B3N2/c1-7-3-9(5-12(15-14)17-7)11-6-10(13)4-8(2)16-11/h3-6H,1-2H3. The van der Waals surface area contributed by atoms with Crippen LogP contribution in [0.5, 0.6) is 0 Å². The van der Waals surface area contributed by atoms with Gasteiger partial charge in [0.25, 0.3) is 0 Å². The molecule has 2 heterocycles. The third kappa shape index (κ3) is 2.79. The van der Waals surface area contributed by atoms with Crippen LogP contribution in [0.3, 0.4) is 0 Å². The van der Waals surface area contributed by atoms with E-state index in [0.717, 1.165) is 28.2 Å². The van der Waals surface area contributed by atoms with Gasteiger partial charge in [-0.25, -0.2) is 0 Å². The molecule has 0 saturated heterocycles. The molecule has 0 aliphatic rings. The van der Waals surface area contributed by atoms with Crippen LogP contribution < -0.4 is 11.1 Å². The van der Waals surface area contributed by atoms with Crippen LogP contribution in [0.2, 0.25) is 0 Å². The van der Waals surface area contributed by atoms with Gasteiger partial charge in [0, 0.05) is 24.7 Å². The minimum atomic E-state index is 0.709. The Morgan fingerprint density at radius 2 is 1.71 bits per heavy atom. The van der Waals surface area contributed by atoms with Crippen LogP contribution in [0.15, 0.2) is 24.3 Å². The van der Waals surface area contributed by atoms with Gasteiger partial charge in [0.05, 0.1) is 5.69 Å². The van der Waals surface area contributed by atoms with E-state index in [4.69, 9.17) is 15.6 Å². The van der Waals surface area contributed by atoms with Crippen molar-refractivity contribution in [3.05, 3.63) is 35.7 Å². The summed E-state index contributed by atoms with van der Waals surface area (Å²) in [6.07, 6.45) is 0. The number of hydrogen-bond donors (Lipinski definition) is 0. The lowest BCUT2D eigenvalue weighted by Crippen LogP contribution is -2.19. The minimum absolute atomic E-state index is 0.709. The highest BCUT2D eigenvalue weighted by Gasteiger charge is 2.04. The zero-order valence-electron chi connectivity index (χ0n) is 9.94. The number of rotatable bonds is 2. The average Bonchev–Trinajstić information content (AvgIpc) is 2.26. The molecular formula is C12H10B3N2. The van der Waals surface area contributed by atoms with E-state index in [1.807, 2.05) is 38.1 Å². The van der Waals surface area contributed by atoms with E-state index in [9.17, 15) is 0 Å². The Morgan fingerprint density at radius 3 is 2.35 bits per heavy atom. The zero-order chi connectivity index (χ0) is 12.4. The summed E-state index contributed by atoms with van der Waals surface area (Å²) in [7, 11) is 12.8. The third-order valence-corrected chi connectivity index (χ3v) is 2.42. The van der Waals surface area contributed by atoms with Gasteiger partial charge in [-0.1, -0.05) is 5.46 Å². The molecule has 0 aliphatic carbocycles. The van der Waals surface area contributed by atoms with Crippen molar-refractivity contribution in [3.63, 3.8) is 0 Å². The Bertz CT molecular complexity index is 535. The molecule has 2 aromatic heterocycles. The van der Waals surface area contributed by atoms with Gasteiger partial charge < -0.3 is 0 Å². The SMILES string of the molecule is [B][B]c1cc(-c2cc([B])cc(C)n2)cc(C)n1. The normalized spacial score (nSPS) is 10.2. The highest BCUT2D eigenvalue weighted by atomic mass is 14.7. The number of hydrogen-bond acceptors (Lipinski definition) is 2. The van der Waals surface area contributed by atoms with Crippen molar-refractivity contribution in [2.75, 3.05) is 0 Å². The number of nitrogens with zero attached hydrogens (tertiary/aromatic N) is 2. The topological polar surface area (TPSA) is 25.8 Å². The molecule has 0 N–H and O–H groups in total. The van der Waals surface area contributed by atoms with Gasteiger partial charge in [0.1, 0.15) is 15.0 Å². The number of aryl methyl sites for hydroxylation is 2. The fraction of sp³-hybridized carbons (Fsp3) is 0.167. The lowest BCUT2D eigenvalue weighted by molar-refractivity contribution is 1.19. The molecule has 5 radical (unpaired) electrons. The van der Waals surface area contributed by atoms with Gasteiger partial charge >= 0.3 is 0 Å². The van der Waals surface area contributed by atoms with Gasteiger partial charge in [0.2, 0.25) is 0 Å². The first-order valence-corrected chi connectivity index (χ1v) is 5.36. The molecule has 0 bridgehead atoms. The summed E-state index contributed by atoms with van der Waals surface area (Å²) >= 11 is 0. The second kappa shape index (κ2) is 4.78. The quantitative estimate of drug-likeness (QED) is 0.657.